The Balaban J connectivity index is 0.00000106. The third-order valence-electron chi connectivity index (χ3n) is 2.84. The lowest BCUT2D eigenvalue weighted by Crippen LogP contribution is -2.42. The molecule has 0 saturated heterocycles. The Morgan fingerprint density at radius 1 is 1.33 bits per heavy atom. The summed E-state index contributed by atoms with van der Waals surface area (Å²) < 4.78 is 5.31. The van der Waals surface area contributed by atoms with E-state index < -0.39 is 11.7 Å². The van der Waals surface area contributed by atoms with Crippen molar-refractivity contribution in [3.8, 4) is 0 Å². The lowest BCUT2D eigenvalue weighted by Gasteiger charge is -2.30. The number of hydrogen-bond donors (Lipinski definition) is 1. The van der Waals surface area contributed by atoms with Crippen molar-refractivity contribution in [1.82, 2.24) is 14.9 Å². The van der Waals surface area contributed by atoms with Crippen molar-refractivity contribution in [3.05, 3.63) is 27.4 Å². The highest BCUT2D eigenvalue weighted by Crippen LogP contribution is 2.17. The number of hydrogen-bond acceptors (Lipinski definition) is 4. The molecule has 1 aliphatic rings. The van der Waals surface area contributed by atoms with Crippen LogP contribution >= 0.6 is 0 Å². The molecule has 0 fully saturated rings. The Labute approximate surface area is 125 Å². The van der Waals surface area contributed by atoms with E-state index in [1.165, 1.54) is 0 Å². The van der Waals surface area contributed by atoms with Gasteiger partial charge in [0, 0.05) is 13.0 Å². The van der Waals surface area contributed by atoms with Gasteiger partial charge in [0.25, 0.3) is 5.56 Å². The number of aromatic nitrogens is 2. The highest BCUT2D eigenvalue weighted by Gasteiger charge is 2.27. The maximum Gasteiger partial charge on any atom is 0.410 e. The van der Waals surface area contributed by atoms with Crippen LogP contribution in [0.3, 0.4) is 0 Å². The van der Waals surface area contributed by atoms with E-state index in [-0.39, 0.29) is 12.1 Å². The molecule has 0 atom stereocenters. The summed E-state index contributed by atoms with van der Waals surface area (Å²) in [5, 5.41) is 0. The summed E-state index contributed by atoms with van der Waals surface area (Å²) in [4.78, 5) is 32.3. The molecule has 1 aromatic rings. The van der Waals surface area contributed by atoms with Crippen LogP contribution < -0.4 is 5.56 Å². The highest BCUT2D eigenvalue weighted by molar-refractivity contribution is 5.68. The average molecular weight is 295 g/mol. The second-order valence-corrected chi connectivity index (χ2v) is 5.73. The van der Waals surface area contributed by atoms with Crippen LogP contribution in [-0.4, -0.2) is 33.1 Å². The Morgan fingerprint density at radius 2 is 1.95 bits per heavy atom. The van der Waals surface area contributed by atoms with E-state index >= 15 is 0 Å². The number of nitrogens with zero attached hydrogens (tertiary/aromatic N) is 2. The third kappa shape index (κ3) is 4.58. The van der Waals surface area contributed by atoms with Gasteiger partial charge in [0.05, 0.1) is 17.8 Å². The van der Waals surface area contributed by atoms with Crippen LogP contribution in [0.1, 0.15) is 51.7 Å². The summed E-state index contributed by atoms with van der Waals surface area (Å²) in [7, 11) is 0. The van der Waals surface area contributed by atoms with Crippen molar-refractivity contribution in [1.29, 1.82) is 0 Å². The standard InChI is InChI=1S/C13H19N3O3.C2H6/c1-8-14-10-5-6-16(7-9(10)11(17)15-8)12(18)19-13(2,3)4;1-2/h5-7H2,1-4H3,(H,14,15,17);1-2H3. The molecule has 0 aromatic carbocycles. The molecule has 2 rings (SSSR count). The van der Waals surface area contributed by atoms with Crippen molar-refractivity contribution < 1.29 is 9.53 Å². The number of rotatable bonds is 0. The summed E-state index contributed by atoms with van der Waals surface area (Å²) in [6.45, 7) is 12.0. The van der Waals surface area contributed by atoms with Crippen LogP contribution in [-0.2, 0) is 17.7 Å². The van der Waals surface area contributed by atoms with E-state index in [1.54, 1.807) is 11.8 Å². The quantitative estimate of drug-likeness (QED) is 0.797. The van der Waals surface area contributed by atoms with E-state index in [1.807, 2.05) is 34.6 Å². The predicted octanol–water partition coefficient (Wildman–Crippen LogP) is 2.40. The summed E-state index contributed by atoms with van der Waals surface area (Å²) in [6, 6.07) is 0. The number of fused-ring (bicyclic) bond motifs is 1. The Bertz CT molecular complexity index is 558. The molecular weight excluding hydrogens is 270 g/mol. The molecular formula is C15H25N3O3. The monoisotopic (exact) mass is 295 g/mol. The summed E-state index contributed by atoms with van der Waals surface area (Å²) in [5.74, 6) is 0.606. The Kier molecular flexibility index (Phi) is 5.52. The molecule has 0 bridgehead atoms. The topological polar surface area (TPSA) is 75.3 Å². The maximum atomic E-state index is 12.0. The Morgan fingerprint density at radius 3 is 2.52 bits per heavy atom. The van der Waals surface area contributed by atoms with Gasteiger partial charge in [0.2, 0.25) is 0 Å². The van der Waals surface area contributed by atoms with E-state index in [9.17, 15) is 9.59 Å². The molecule has 0 aliphatic carbocycles. The molecule has 21 heavy (non-hydrogen) atoms. The fourth-order valence-electron chi connectivity index (χ4n) is 2.03. The fraction of sp³-hybridized carbons (Fsp3) is 0.667. The number of aromatic amines is 1. The van der Waals surface area contributed by atoms with Gasteiger partial charge < -0.3 is 14.6 Å². The molecule has 2 heterocycles. The van der Waals surface area contributed by atoms with Gasteiger partial charge in [-0.2, -0.15) is 0 Å². The summed E-state index contributed by atoms with van der Waals surface area (Å²) in [6.07, 6.45) is 0.192. The number of carbonyl (C=O) groups is 1. The van der Waals surface area contributed by atoms with Crippen LogP contribution in [0.25, 0.3) is 0 Å². The zero-order valence-corrected chi connectivity index (χ0v) is 13.7. The van der Waals surface area contributed by atoms with Gasteiger partial charge in [-0.1, -0.05) is 13.8 Å². The number of amides is 1. The smallest absolute Gasteiger partial charge is 0.410 e. The average Bonchev–Trinajstić information content (AvgIpc) is 2.38. The van der Waals surface area contributed by atoms with E-state index in [2.05, 4.69) is 9.97 Å². The molecule has 0 radical (unpaired) electrons. The largest absolute Gasteiger partial charge is 0.444 e. The number of carbonyl (C=O) groups excluding carboxylic acids is 1. The second-order valence-electron chi connectivity index (χ2n) is 5.73. The summed E-state index contributed by atoms with van der Waals surface area (Å²) in [5.41, 5.74) is 0.634. The zero-order chi connectivity index (χ0) is 16.2. The first-order chi connectivity index (χ1) is 9.76. The zero-order valence-electron chi connectivity index (χ0n) is 13.7. The van der Waals surface area contributed by atoms with Crippen molar-refractivity contribution >= 4 is 6.09 Å². The van der Waals surface area contributed by atoms with Crippen molar-refractivity contribution in [2.24, 2.45) is 0 Å². The fourth-order valence-corrected chi connectivity index (χ4v) is 2.03. The first-order valence-electron chi connectivity index (χ1n) is 7.33. The van der Waals surface area contributed by atoms with E-state index in [0.717, 1.165) is 5.69 Å². The molecule has 0 unspecified atom stereocenters. The van der Waals surface area contributed by atoms with Crippen LogP contribution in [0.5, 0.6) is 0 Å². The first-order valence-corrected chi connectivity index (χ1v) is 7.33. The molecule has 1 aromatic heterocycles. The molecule has 6 heteroatoms. The molecule has 1 amide bonds. The lowest BCUT2D eigenvalue weighted by atomic mass is 10.1. The van der Waals surface area contributed by atoms with Gasteiger partial charge in [-0.25, -0.2) is 9.78 Å². The van der Waals surface area contributed by atoms with Crippen LogP contribution in [0.2, 0.25) is 0 Å². The third-order valence-corrected chi connectivity index (χ3v) is 2.84. The minimum absolute atomic E-state index is 0.171. The van der Waals surface area contributed by atoms with Gasteiger partial charge in [-0.05, 0) is 27.7 Å². The second kappa shape index (κ2) is 6.74. The SMILES string of the molecule is CC.Cc1nc2c(c(=O)[nH]1)CN(C(=O)OC(C)(C)C)CC2. The first kappa shape index (κ1) is 17.2. The van der Waals surface area contributed by atoms with Crippen LogP contribution in [0, 0.1) is 6.92 Å². The van der Waals surface area contributed by atoms with Gasteiger partial charge in [-0.15, -0.1) is 0 Å². The number of H-pyrrole nitrogens is 1. The highest BCUT2D eigenvalue weighted by atomic mass is 16.6. The Hall–Kier alpha value is -1.85. The molecule has 6 nitrogen and oxygen atoms in total. The van der Waals surface area contributed by atoms with E-state index in [0.29, 0.717) is 24.4 Å². The minimum atomic E-state index is -0.532. The molecule has 1 N–H and O–H groups in total. The molecule has 118 valence electrons. The number of ether oxygens (including phenoxy) is 1. The van der Waals surface area contributed by atoms with Gasteiger partial charge in [-0.3, -0.25) is 4.79 Å². The van der Waals surface area contributed by atoms with Crippen molar-refractivity contribution in [3.63, 3.8) is 0 Å². The van der Waals surface area contributed by atoms with Crippen LogP contribution in [0.4, 0.5) is 4.79 Å². The molecule has 0 spiro atoms. The van der Waals surface area contributed by atoms with Gasteiger partial charge in [0.15, 0.2) is 0 Å². The lowest BCUT2D eigenvalue weighted by molar-refractivity contribution is 0.0221. The predicted molar refractivity (Wildman–Crippen MR) is 81.3 cm³/mol. The number of aryl methyl sites for hydroxylation is 1. The summed E-state index contributed by atoms with van der Waals surface area (Å²) >= 11 is 0. The van der Waals surface area contributed by atoms with Crippen molar-refractivity contribution in [2.75, 3.05) is 6.54 Å². The van der Waals surface area contributed by atoms with Gasteiger partial charge >= 0.3 is 6.09 Å². The van der Waals surface area contributed by atoms with Crippen molar-refractivity contribution in [2.45, 2.75) is 60.1 Å². The number of nitrogens with one attached hydrogen (secondary N) is 1. The minimum Gasteiger partial charge on any atom is -0.444 e. The maximum absolute atomic E-state index is 12.0. The molecule has 0 saturated carbocycles. The normalized spacial score (nSPS) is 13.9. The van der Waals surface area contributed by atoms with E-state index in [4.69, 9.17) is 4.74 Å². The van der Waals surface area contributed by atoms with Crippen LogP contribution in [0.15, 0.2) is 4.79 Å². The molecule has 1 aliphatic heterocycles. The van der Waals surface area contributed by atoms with Gasteiger partial charge in [0.1, 0.15) is 11.4 Å².